The lowest BCUT2D eigenvalue weighted by molar-refractivity contribution is 0.521. The SMILES string of the molecule is CCNC(Cc1ccc(Cl)cc1F)c1cncc(F)c1. The molecule has 0 bridgehead atoms. The van der Waals surface area contributed by atoms with E-state index in [1.54, 1.807) is 18.3 Å². The van der Waals surface area contributed by atoms with Gasteiger partial charge in [0.25, 0.3) is 0 Å². The Kier molecular flexibility index (Phi) is 5.04. The van der Waals surface area contributed by atoms with Gasteiger partial charge in [-0.3, -0.25) is 4.98 Å². The van der Waals surface area contributed by atoms with E-state index in [9.17, 15) is 8.78 Å². The van der Waals surface area contributed by atoms with Crippen molar-refractivity contribution in [1.29, 1.82) is 0 Å². The lowest BCUT2D eigenvalue weighted by Crippen LogP contribution is -2.23. The molecule has 2 aromatic rings. The molecule has 20 heavy (non-hydrogen) atoms. The second kappa shape index (κ2) is 6.77. The van der Waals surface area contributed by atoms with E-state index >= 15 is 0 Å². The maximum absolute atomic E-state index is 13.8. The average molecular weight is 297 g/mol. The maximum Gasteiger partial charge on any atom is 0.141 e. The van der Waals surface area contributed by atoms with E-state index in [1.807, 2.05) is 6.92 Å². The van der Waals surface area contributed by atoms with Gasteiger partial charge in [0.1, 0.15) is 11.6 Å². The smallest absolute Gasteiger partial charge is 0.141 e. The number of hydrogen-bond acceptors (Lipinski definition) is 2. The molecule has 0 amide bonds. The third kappa shape index (κ3) is 3.74. The number of likely N-dealkylation sites (N-methyl/N-ethyl adjacent to an activating group) is 1. The Morgan fingerprint density at radius 2 is 2.05 bits per heavy atom. The van der Waals surface area contributed by atoms with E-state index in [1.165, 1.54) is 12.1 Å². The molecule has 1 N–H and O–H groups in total. The van der Waals surface area contributed by atoms with Crippen molar-refractivity contribution in [3.8, 4) is 0 Å². The predicted molar refractivity (Wildman–Crippen MR) is 75.7 cm³/mol. The fourth-order valence-corrected chi connectivity index (χ4v) is 2.24. The zero-order chi connectivity index (χ0) is 14.5. The van der Waals surface area contributed by atoms with Crippen LogP contribution in [0.2, 0.25) is 5.02 Å². The number of aromatic nitrogens is 1. The molecule has 1 aromatic carbocycles. The molecule has 0 aliphatic rings. The molecule has 1 unspecified atom stereocenters. The zero-order valence-corrected chi connectivity index (χ0v) is 11.8. The third-order valence-electron chi connectivity index (χ3n) is 3.02. The molecule has 2 rings (SSSR count). The minimum atomic E-state index is -0.401. The highest BCUT2D eigenvalue weighted by molar-refractivity contribution is 6.30. The van der Waals surface area contributed by atoms with Crippen molar-refractivity contribution in [2.45, 2.75) is 19.4 Å². The molecule has 5 heteroatoms. The van der Waals surface area contributed by atoms with Crippen LogP contribution in [0.15, 0.2) is 36.7 Å². The molecule has 0 saturated carbocycles. The average Bonchev–Trinajstić information content (AvgIpc) is 2.41. The lowest BCUT2D eigenvalue weighted by Gasteiger charge is -2.18. The summed E-state index contributed by atoms with van der Waals surface area (Å²) in [5.74, 6) is -0.758. The Balaban J connectivity index is 2.25. The van der Waals surface area contributed by atoms with Crippen molar-refractivity contribution in [1.82, 2.24) is 10.3 Å². The molecular weight excluding hydrogens is 282 g/mol. The van der Waals surface area contributed by atoms with Crippen LogP contribution in [0.25, 0.3) is 0 Å². The van der Waals surface area contributed by atoms with Gasteiger partial charge >= 0.3 is 0 Å². The van der Waals surface area contributed by atoms with Crippen LogP contribution < -0.4 is 5.32 Å². The zero-order valence-electron chi connectivity index (χ0n) is 11.0. The Labute approximate surface area is 121 Å². The molecule has 2 nitrogen and oxygen atoms in total. The van der Waals surface area contributed by atoms with E-state index in [-0.39, 0.29) is 11.9 Å². The summed E-state index contributed by atoms with van der Waals surface area (Å²) in [7, 11) is 0. The molecule has 1 heterocycles. The topological polar surface area (TPSA) is 24.9 Å². The third-order valence-corrected chi connectivity index (χ3v) is 3.25. The molecule has 0 saturated heterocycles. The quantitative estimate of drug-likeness (QED) is 0.905. The van der Waals surface area contributed by atoms with Crippen LogP contribution in [0, 0.1) is 11.6 Å². The number of nitrogens with one attached hydrogen (secondary N) is 1. The van der Waals surface area contributed by atoms with Gasteiger partial charge in [0.2, 0.25) is 0 Å². The van der Waals surface area contributed by atoms with E-state index in [0.717, 1.165) is 6.20 Å². The molecule has 1 aromatic heterocycles. The second-order valence-corrected chi connectivity index (χ2v) is 4.92. The van der Waals surface area contributed by atoms with Gasteiger partial charge in [0.15, 0.2) is 0 Å². The van der Waals surface area contributed by atoms with E-state index < -0.39 is 5.82 Å². The predicted octanol–water partition coefficient (Wildman–Crippen LogP) is 3.91. The van der Waals surface area contributed by atoms with Crippen LogP contribution in [-0.2, 0) is 6.42 Å². The van der Waals surface area contributed by atoms with Crippen LogP contribution in [0.1, 0.15) is 24.1 Å². The fourth-order valence-electron chi connectivity index (χ4n) is 2.08. The van der Waals surface area contributed by atoms with Crippen molar-refractivity contribution in [2.75, 3.05) is 6.54 Å². The summed E-state index contributed by atoms with van der Waals surface area (Å²) >= 11 is 5.74. The number of rotatable bonds is 5. The van der Waals surface area contributed by atoms with Crippen LogP contribution in [-0.4, -0.2) is 11.5 Å². The first-order chi connectivity index (χ1) is 9.60. The van der Waals surface area contributed by atoms with Gasteiger partial charge in [0, 0.05) is 17.3 Å². The minimum absolute atomic E-state index is 0.195. The molecule has 1 atom stereocenters. The summed E-state index contributed by atoms with van der Waals surface area (Å²) in [4.78, 5) is 3.84. The van der Waals surface area contributed by atoms with Gasteiger partial charge in [0.05, 0.1) is 6.20 Å². The lowest BCUT2D eigenvalue weighted by atomic mass is 9.99. The van der Waals surface area contributed by atoms with Crippen molar-refractivity contribution in [3.63, 3.8) is 0 Å². The number of pyridine rings is 1. The molecule has 0 radical (unpaired) electrons. The van der Waals surface area contributed by atoms with E-state index in [0.29, 0.717) is 29.1 Å². The fraction of sp³-hybridized carbons (Fsp3) is 0.267. The van der Waals surface area contributed by atoms with Crippen molar-refractivity contribution in [2.24, 2.45) is 0 Å². The summed E-state index contributed by atoms with van der Waals surface area (Å²) in [6.07, 6.45) is 3.14. The highest BCUT2D eigenvalue weighted by Crippen LogP contribution is 2.22. The number of nitrogens with zero attached hydrogens (tertiary/aromatic N) is 1. The standard InChI is InChI=1S/C15H15ClF2N2/c1-2-20-15(11-5-13(17)9-19-8-11)6-10-3-4-12(16)7-14(10)18/h3-5,7-9,15,20H,2,6H2,1H3. The first kappa shape index (κ1) is 14.9. The monoisotopic (exact) mass is 296 g/mol. The van der Waals surface area contributed by atoms with Gasteiger partial charge < -0.3 is 5.32 Å². The Morgan fingerprint density at radius 3 is 2.70 bits per heavy atom. The van der Waals surface area contributed by atoms with E-state index in [4.69, 9.17) is 11.6 Å². The first-order valence-corrected chi connectivity index (χ1v) is 6.75. The van der Waals surface area contributed by atoms with E-state index in [2.05, 4.69) is 10.3 Å². The first-order valence-electron chi connectivity index (χ1n) is 6.38. The summed E-state index contributed by atoms with van der Waals surface area (Å²) in [6, 6.07) is 5.79. The molecular formula is C15H15ClF2N2. The molecule has 0 fully saturated rings. The number of benzene rings is 1. The summed E-state index contributed by atoms with van der Waals surface area (Å²) in [6.45, 7) is 2.63. The number of hydrogen-bond donors (Lipinski definition) is 1. The Morgan fingerprint density at radius 1 is 1.25 bits per heavy atom. The van der Waals surface area contributed by atoms with Crippen molar-refractivity contribution < 1.29 is 8.78 Å². The highest BCUT2D eigenvalue weighted by Gasteiger charge is 2.15. The molecule has 0 aliphatic heterocycles. The molecule has 0 aliphatic carbocycles. The minimum Gasteiger partial charge on any atom is -0.310 e. The summed E-state index contributed by atoms with van der Waals surface area (Å²) in [5, 5.41) is 3.57. The Bertz CT molecular complexity index is 590. The number of halogens is 3. The summed E-state index contributed by atoms with van der Waals surface area (Å²) < 4.78 is 27.1. The van der Waals surface area contributed by atoms with Gasteiger partial charge in [-0.2, -0.15) is 0 Å². The Hall–Kier alpha value is -1.52. The largest absolute Gasteiger partial charge is 0.310 e. The van der Waals surface area contributed by atoms with Crippen molar-refractivity contribution in [3.05, 3.63) is 64.4 Å². The van der Waals surface area contributed by atoms with Crippen LogP contribution in [0.3, 0.4) is 0 Å². The molecule has 106 valence electrons. The molecule has 0 spiro atoms. The van der Waals surface area contributed by atoms with Crippen molar-refractivity contribution >= 4 is 11.6 Å². The second-order valence-electron chi connectivity index (χ2n) is 4.49. The normalized spacial score (nSPS) is 12.4. The van der Waals surface area contributed by atoms with Gasteiger partial charge in [-0.15, -0.1) is 0 Å². The van der Waals surface area contributed by atoms with Gasteiger partial charge in [-0.1, -0.05) is 24.6 Å². The van der Waals surface area contributed by atoms with Crippen LogP contribution >= 0.6 is 11.6 Å². The van der Waals surface area contributed by atoms with Gasteiger partial charge in [-0.05, 0) is 42.3 Å². The highest BCUT2D eigenvalue weighted by atomic mass is 35.5. The summed E-state index contributed by atoms with van der Waals surface area (Å²) in [5.41, 5.74) is 1.23. The van der Waals surface area contributed by atoms with Gasteiger partial charge in [-0.25, -0.2) is 8.78 Å². The van der Waals surface area contributed by atoms with Crippen LogP contribution in [0.4, 0.5) is 8.78 Å². The maximum atomic E-state index is 13.8. The van der Waals surface area contributed by atoms with Crippen LogP contribution in [0.5, 0.6) is 0 Å².